The van der Waals surface area contributed by atoms with Crippen LogP contribution in [-0.2, 0) is 26.9 Å². The van der Waals surface area contributed by atoms with Gasteiger partial charge in [-0.25, -0.2) is 8.42 Å². The summed E-state index contributed by atoms with van der Waals surface area (Å²) in [4.78, 5) is 14.7. The van der Waals surface area contributed by atoms with Crippen LogP contribution < -0.4 is 0 Å². The van der Waals surface area contributed by atoms with Crippen molar-refractivity contribution < 1.29 is 13.2 Å². The van der Waals surface area contributed by atoms with Crippen LogP contribution in [0.25, 0.3) is 0 Å². The van der Waals surface area contributed by atoms with Crippen molar-refractivity contribution in [1.82, 2.24) is 4.90 Å². The second-order valence-corrected chi connectivity index (χ2v) is 9.61. The Labute approximate surface area is 162 Å². The molecule has 0 N–H and O–H groups in total. The highest BCUT2D eigenvalue weighted by molar-refractivity contribution is 7.91. The van der Waals surface area contributed by atoms with Crippen LogP contribution in [0, 0.1) is 12.8 Å². The fraction of sp³-hybridized carbons (Fsp3) is 0.409. The van der Waals surface area contributed by atoms with Crippen LogP contribution in [0.1, 0.15) is 36.5 Å². The average Bonchev–Trinajstić information content (AvgIpc) is 3.46. The first-order valence-electron chi connectivity index (χ1n) is 9.44. The third-order valence-corrected chi connectivity index (χ3v) is 6.73. The number of benzene rings is 2. The van der Waals surface area contributed by atoms with Gasteiger partial charge in [0, 0.05) is 12.6 Å². The van der Waals surface area contributed by atoms with Crippen molar-refractivity contribution in [3.05, 3.63) is 71.3 Å². The minimum absolute atomic E-state index is 0.0615. The largest absolute Gasteiger partial charge is 0.335 e. The standard InChI is InChI=1S/C22H27NO3S/c1-17-8-6-7-11-21(17)15-27(25,26)16-22(24)23(18(2)20-12-13-20)14-19-9-4-3-5-10-19/h3-11,18,20H,12-16H2,1-2H3/t18-/m0/s1. The molecule has 0 radical (unpaired) electrons. The molecule has 5 heteroatoms. The zero-order valence-electron chi connectivity index (χ0n) is 16.0. The molecule has 1 saturated carbocycles. The van der Waals surface area contributed by atoms with Crippen LogP contribution >= 0.6 is 0 Å². The highest BCUT2D eigenvalue weighted by atomic mass is 32.2. The van der Waals surface area contributed by atoms with Crippen molar-refractivity contribution in [3.8, 4) is 0 Å². The molecule has 1 atom stereocenters. The topological polar surface area (TPSA) is 54.5 Å². The second-order valence-electron chi connectivity index (χ2n) is 7.54. The van der Waals surface area contributed by atoms with Crippen molar-refractivity contribution in [3.63, 3.8) is 0 Å². The minimum atomic E-state index is -3.52. The van der Waals surface area contributed by atoms with E-state index in [2.05, 4.69) is 0 Å². The number of carbonyl (C=O) groups excluding carboxylic acids is 1. The monoisotopic (exact) mass is 385 g/mol. The summed E-state index contributed by atoms with van der Waals surface area (Å²) < 4.78 is 25.4. The summed E-state index contributed by atoms with van der Waals surface area (Å²) in [6.45, 7) is 4.38. The normalized spacial score (nSPS) is 15.3. The molecule has 0 saturated heterocycles. The van der Waals surface area contributed by atoms with Crippen LogP contribution in [0.15, 0.2) is 54.6 Å². The smallest absolute Gasteiger partial charge is 0.238 e. The molecule has 1 aliphatic carbocycles. The Morgan fingerprint density at radius 3 is 2.33 bits per heavy atom. The van der Waals surface area contributed by atoms with E-state index in [9.17, 15) is 13.2 Å². The van der Waals surface area contributed by atoms with Gasteiger partial charge in [0.05, 0.1) is 5.75 Å². The number of amides is 1. The predicted octanol–water partition coefficient (Wildman–Crippen LogP) is 3.74. The highest BCUT2D eigenvalue weighted by Gasteiger charge is 2.35. The predicted molar refractivity (Wildman–Crippen MR) is 108 cm³/mol. The molecule has 1 amide bonds. The number of sulfone groups is 1. The van der Waals surface area contributed by atoms with E-state index in [-0.39, 0.29) is 17.7 Å². The van der Waals surface area contributed by atoms with Gasteiger partial charge in [0.2, 0.25) is 5.91 Å². The number of hydrogen-bond donors (Lipinski definition) is 0. The van der Waals surface area contributed by atoms with Crippen molar-refractivity contribution in [2.45, 2.75) is 45.0 Å². The van der Waals surface area contributed by atoms with Gasteiger partial charge in [-0.05, 0) is 49.3 Å². The van der Waals surface area contributed by atoms with Crippen LogP contribution in [0.5, 0.6) is 0 Å². The van der Waals surface area contributed by atoms with Gasteiger partial charge in [-0.3, -0.25) is 4.79 Å². The highest BCUT2D eigenvalue weighted by Crippen LogP contribution is 2.35. The molecule has 0 bridgehead atoms. The van der Waals surface area contributed by atoms with Gasteiger partial charge in [-0.2, -0.15) is 0 Å². The van der Waals surface area contributed by atoms with E-state index in [1.54, 1.807) is 4.90 Å². The molecule has 2 aromatic rings. The molecule has 144 valence electrons. The lowest BCUT2D eigenvalue weighted by atomic mass is 10.1. The summed E-state index contributed by atoms with van der Waals surface area (Å²) in [5.41, 5.74) is 2.71. The Kier molecular flexibility index (Phi) is 6.00. The number of rotatable bonds is 8. The molecule has 2 aromatic carbocycles. The molecule has 0 heterocycles. The Bertz CT molecular complexity index is 889. The van der Waals surface area contributed by atoms with Gasteiger partial charge < -0.3 is 4.90 Å². The van der Waals surface area contributed by atoms with Gasteiger partial charge in [0.1, 0.15) is 5.75 Å². The summed E-state index contributed by atoms with van der Waals surface area (Å²) in [6, 6.07) is 17.2. The molecule has 0 spiro atoms. The van der Waals surface area contributed by atoms with E-state index in [1.165, 1.54) is 0 Å². The van der Waals surface area contributed by atoms with E-state index in [0.717, 1.165) is 29.5 Å². The van der Waals surface area contributed by atoms with Gasteiger partial charge in [-0.15, -0.1) is 0 Å². The minimum Gasteiger partial charge on any atom is -0.335 e. The third-order valence-electron chi connectivity index (χ3n) is 5.29. The van der Waals surface area contributed by atoms with Crippen LogP contribution in [-0.4, -0.2) is 31.0 Å². The molecule has 27 heavy (non-hydrogen) atoms. The molecule has 1 fully saturated rings. The fourth-order valence-corrected chi connectivity index (χ4v) is 4.85. The number of hydrogen-bond acceptors (Lipinski definition) is 3. The molecule has 1 aliphatic rings. The van der Waals surface area contributed by atoms with Crippen LogP contribution in [0.3, 0.4) is 0 Å². The van der Waals surface area contributed by atoms with Gasteiger partial charge in [-0.1, -0.05) is 54.6 Å². The summed E-state index contributed by atoms with van der Waals surface area (Å²) in [7, 11) is -3.52. The maximum atomic E-state index is 13.0. The summed E-state index contributed by atoms with van der Waals surface area (Å²) >= 11 is 0. The molecule has 0 aromatic heterocycles. The Morgan fingerprint density at radius 2 is 1.70 bits per heavy atom. The van der Waals surface area contributed by atoms with E-state index >= 15 is 0 Å². The molecule has 4 nitrogen and oxygen atoms in total. The van der Waals surface area contributed by atoms with Crippen LogP contribution in [0.2, 0.25) is 0 Å². The van der Waals surface area contributed by atoms with Gasteiger partial charge >= 0.3 is 0 Å². The van der Waals surface area contributed by atoms with Gasteiger partial charge in [0.15, 0.2) is 9.84 Å². The first-order chi connectivity index (χ1) is 12.9. The van der Waals surface area contributed by atoms with E-state index in [1.807, 2.05) is 68.4 Å². The summed E-state index contributed by atoms with van der Waals surface area (Å²) in [5.74, 6) is -0.350. The molecular weight excluding hydrogens is 358 g/mol. The molecule has 0 unspecified atom stereocenters. The summed E-state index contributed by atoms with van der Waals surface area (Å²) in [5, 5.41) is 0. The molecular formula is C22H27NO3S. The first kappa shape index (κ1) is 19.6. The number of aryl methyl sites for hydroxylation is 1. The Balaban J connectivity index is 1.74. The number of carbonyl (C=O) groups is 1. The van der Waals surface area contributed by atoms with E-state index < -0.39 is 15.6 Å². The zero-order chi connectivity index (χ0) is 19.4. The van der Waals surface area contributed by atoms with Crippen molar-refractivity contribution in [2.75, 3.05) is 5.75 Å². The fourth-order valence-electron chi connectivity index (χ4n) is 3.40. The average molecular weight is 386 g/mol. The lowest BCUT2D eigenvalue weighted by Crippen LogP contribution is -2.42. The lowest BCUT2D eigenvalue weighted by molar-refractivity contribution is -0.131. The van der Waals surface area contributed by atoms with E-state index in [4.69, 9.17) is 0 Å². The maximum Gasteiger partial charge on any atom is 0.238 e. The Hall–Kier alpha value is -2.14. The lowest BCUT2D eigenvalue weighted by Gasteiger charge is -2.29. The number of nitrogens with zero attached hydrogens (tertiary/aromatic N) is 1. The second kappa shape index (κ2) is 8.26. The van der Waals surface area contributed by atoms with Crippen LogP contribution in [0.4, 0.5) is 0 Å². The van der Waals surface area contributed by atoms with Crippen molar-refractivity contribution in [2.24, 2.45) is 5.92 Å². The van der Waals surface area contributed by atoms with Crippen molar-refractivity contribution in [1.29, 1.82) is 0 Å². The van der Waals surface area contributed by atoms with E-state index in [0.29, 0.717) is 12.5 Å². The maximum absolute atomic E-state index is 13.0. The summed E-state index contributed by atoms with van der Waals surface area (Å²) in [6.07, 6.45) is 2.21. The zero-order valence-corrected chi connectivity index (χ0v) is 16.8. The SMILES string of the molecule is Cc1ccccc1CS(=O)(=O)CC(=O)N(Cc1ccccc1)[C@@H](C)C1CC1. The first-order valence-corrected chi connectivity index (χ1v) is 11.3. The molecule has 3 rings (SSSR count). The quantitative estimate of drug-likeness (QED) is 0.696. The molecule has 0 aliphatic heterocycles. The van der Waals surface area contributed by atoms with Crippen molar-refractivity contribution >= 4 is 15.7 Å². The van der Waals surface area contributed by atoms with Gasteiger partial charge in [0.25, 0.3) is 0 Å². The third kappa shape index (κ3) is 5.42. The Morgan fingerprint density at radius 1 is 1.07 bits per heavy atom.